The summed E-state index contributed by atoms with van der Waals surface area (Å²) in [7, 11) is 0. The summed E-state index contributed by atoms with van der Waals surface area (Å²) in [6, 6.07) is 0. The Morgan fingerprint density at radius 1 is 1.21 bits per heavy atom. The summed E-state index contributed by atoms with van der Waals surface area (Å²) in [5.41, 5.74) is 3.16. The molecule has 1 aliphatic heterocycles. The number of rotatable bonds is 1. The summed E-state index contributed by atoms with van der Waals surface area (Å²) in [5, 5.41) is 0. The first-order valence-corrected chi connectivity index (χ1v) is 8.03. The zero-order chi connectivity index (χ0) is 13.6. The van der Waals surface area contributed by atoms with Gasteiger partial charge in [-0.15, -0.1) is 0 Å². The maximum absolute atomic E-state index is 6.36. The molecule has 0 spiro atoms. The summed E-state index contributed by atoms with van der Waals surface area (Å²) in [5.74, 6) is 3.65. The van der Waals surface area contributed by atoms with Gasteiger partial charge in [0.2, 0.25) is 0 Å². The van der Waals surface area contributed by atoms with E-state index in [0.717, 1.165) is 24.4 Å². The third-order valence-electron chi connectivity index (χ3n) is 5.95. The van der Waals surface area contributed by atoms with Gasteiger partial charge in [0.25, 0.3) is 0 Å². The van der Waals surface area contributed by atoms with E-state index in [1.54, 1.807) is 11.1 Å². The highest BCUT2D eigenvalue weighted by atomic mass is 16.5. The van der Waals surface area contributed by atoms with E-state index in [1.807, 2.05) is 0 Å². The number of allylic oxidation sites excluding steroid dienone is 3. The van der Waals surface area contributed by atoms with Crippen molar-refractivity contribution in [2.45, 2.75) is 53.1 Å². The Labute approximate surface area is 118 Å². The molecule has 0 aromatic heterocycles. The fourth-order valence-electron chi connectivity index (χ4n) is 4.71. The third-order valence-corrected chi connectivity index (χ3v) is 5.95. The number of ether oxygens (including phenoxy) is 1. The van der Waals surface area contributed by atoms with Gasteiger partial charge in [0.05, 0.1) is 12.7 Å². The van der Waals surface area contributed by atoms with Crippen molar-refractivity contribution in [2.24, 2.45) is 29.6 Å². The molecule has 2 aliphatic carbocycles. The van der Waals surface area contributed by atoms with Crippen LogP contribution in [0, 0.1) is 29.6 Å². The molecule has 1 saturated heterocycles. The minimum absolute atomic E-state index is 0.472. The van der Waals surface area contributed by atoms with Crippen LogP contribution in [0.5, 0.6) is 0 Å². The largest absolute Gasteiger partial charge is 0.377 e. The number of hydrogen-bond acceptors (Lipinski definition) is 1. The van der Waals surface area contributed by atoms with E-state index in [9.17, 15) is 0 Å². The molecule has 2 bridgehead atoms. The van der Waals surface area contributed by atoms with Crippen LogP contribution in [0.15, 0.2) is 23.3 Å². The van der Waals surface area contributed by atoms with Crippen molar-refractivity contribution >= 4 is 0 Å². The molecule has 0 N–H and O–H groups in total. The molecule has 106 valence electrons. The maximum atomic E-state index is 6.36. The summed E-state index contributed by atoms with van der Waals surface area (Å²) in [6.45, 7) is 10.4. The second-order valence-electron chi connectivity index (χ2n) is 7.20. The Hall–Kier alpha value is -0.560. The average Bonchev–Trinajstić information content (AvgIpc) is 2.37. The van der Waals surface area contributed by atoms with Gasteiger partial charge in [0.1, 0.15) is 0 Å². The molecule has 1 heteroatoms. The van der Waals surface area contributed by atoms with Gasteiger partial charge < -0.3 is 4.74 Å². The molecule has 0 amide bonds. The van der Waals surface area contributed by atoms with Gasteiger partial charge in [0, 0.05) is 5.92 Å². The first-order valence-electron chi connectivity index (χ1n) is 8.03. The van der Waals surface area contributed by atoms with Gasteiger partial charge >= 0.3 is 0 Å². The predicted octanol–water partition coefficient (Wildman–Crippen LogP) is 4.60. The highest BCUT2D eigenvalue weighted by Gasteiger charge is 2.45. The lowest BCUT2D eigenvalue weighted by Crippen LogP contribution is -2.49. The first-order chi connectivity index (χ1) is 9.08. The average molecular weight is 260 g/mol. The minimum atomic E-state index is 0.472. The van der Waals surface area contributed by atoms with Gasteiger partial charge in [-0.25, -0.2) is 0 Å². The Kier molecular flexibility index (Phi) is 3.59. The van der Waals surface area contributed by atoms with E-state index < -0.39 is 0 Å². The Balaban J connectivity index is 1.82. The molecule has 0 saturated carbocycles. The van der Waals surface area contributed by atoms with Crippen molar-refractivity contribution in [2.75, 3.05) is 6.61 Å². The lowest BCUT2D eigenvalue weighted by atomic mass is 9.63. The van der Waals surface area contributed by atoms with E-state index in [-0.39, 0.29) is 0 Å². The van der Waals surface area contributed by atoms with Gasteiger partial charge in [-0.3, -0.25) is 0 Å². The molecule has 1 heterocycles. The summed E-state index contributed by atoms with van der Waals surface area (Å²) in [6.07, 6.45) is 9.26. The van der Waals surface area contributed by atoms with Gasteiger partial charge in [0.15, 0.2) is 0 Å². The Morgan fingerprint density at radius 2 is 2.00 bits per heavy atom. The van der Waals surface area contributed by atoms with Gasteiger partial charge in [-0.05, 0) is 56.8 Å². The second kappa shape index (κ2) is 5.09. The smallest absolute Gasteiger partial charge is 0.0674 e. The van der Waals surface area contributed by atoms with Crippen molar-refractivity contribution in [3.8, 4) is 0 Å². The SMILES string of the molecule is CC1=CC[C@H]([C@H]2OC[C@H]3[C@@H](C)[C@H]2C(C)=C[C@H]3C)CC1. The predicted molar refractivity (Wildman–Crippen MR) is 79.9 cm³/mol. The van der Waals surface area contributed by atoms with Crippen LogP contribution in [-0.4, -0.2) is 12.7 Å². The molecule has 0 aromatic carbocycles. The molecule has 0 unspecified atom stereocenters. The zero-order valence-electron chi connectivity index (χ0n) is 12.9. The monoisotopic (exact) mass is 260 g/mol. The van der Waals surface area contributed by atoms with Crippen LogP contribution in [0.3, 0.4) is 0 Å². The van der Waals surface area contributed by atoms with Crippen molar-refractivity contribution in [1.82, 2.24) is 0 Å². The molecule has 0 radical (unpaired) electrons. The van der Waals surface area contributed by atoms with Gasteiger partial charge in [-0.2, -0.15) is 0 Å². The minimum Gasteiger partial charge on any atom is -0.377 e. The standard InChI is InChI=1S/C18H28O/c1-11-5-7-15(8-6-11)18-17-13(3)9-12(2)16(10-19-18)14(17)4/h5,9,12,14-18H,6-8,10H2,1-4H3/t12-,14-,15+,16-,17-,18-/m1/s1. The van der Waals surface area contributed by atoms with Crippen LogP contribution in [-0.2, 0) is 4.74 Å². The van der Waals surface area contributed by atoms with Crippen molar-refractivity contribution < 1.29 is 4.74 Å². The fraction of sp³-hybridized carbons (Fsp3) is 0.778. The molecular weight excluding hydrogens is 232 g/mol. The van der Waals surface area contributed by atoms with E-state index in [0.29, 0.717) is 17.9 Å². The normalized spacial score (nSPS) is 46.5. The van der Waals surface area contributed by atoms with Crippen LogP contribution in [0.2, 0.25) is 0 Å². The highest BCUT2D eigenvalue weighted by molar-refractivity contribution is 5.18. The van der Waals surface area contributed by atoms with E-state index in [2.05, 4.69) is 39.8 Å². The fourth-order valence-corrected chi connectivity index (χ4v) is 4.71. The van der Waals surface area contributed by atoms with Crippen LogP contribution in [0.25, 0.3) is 0 Å². The first kappa shape index (κ1) is 13.4. The molecule has 3 rings (SSSR count). The molecule has 6 atom stereocenters. The number of hydrogen-bond donors (Lipinski definition) is 0. The lowest BCUT2D eigenvalue weighted by Gasteiger charge is -2.50. The Bertz CT molecular complexity index is 406. The molecular formula is C18H28O. The second-order valence-corrected chi connectivity index (χ2v) is 7.20. The topological polar surface area (TPSA) is 9.23 Å². The third kappa shape index (κ3) is 2.31. The van der Waals surface area contributed by atoms with Crippen molar-refractivity contribution in [3.63, 3.8) is 0 Å². The van der Waals surface area contributed by atoms with Crippen LogP contribution in [0.1, 0.15) is 47.0 Å². The van der Waals surface area contributed by atoms with Crippen LogP contribution < -0.4 is 0 Å². The zero-order valence-corrected chi connectivity index (χ0v) is 12.9. The summed E-state index contributed by atoms with van der Waals surface area (Å²) < 4.78 is 6.36. The summed E-state index contributed by atoms with van der Waals surface area (Å²) >= 11 is 0. The van der Waals surface area contributed by atoms with Crippen molar-refractivity contribution in [3.05, 3.63) is 23.3 Å². The molecule has 1 fully saturated rings. The Morgan fingerprint density at radius 3 is 2.68 bits per heavy atom. The van der Waals surface area contributed by atoms with Gasteiger partial charge in [-0.1, -0.05) is 37.1 Å². The quantitative estimate of drug-likeness (QED) is 0.626. The van der Waals surface area contributed by atoms with Crippen molar-refractivity contribution in [1.29, 1.82) is 0 Å². The molecule has 0 aromatic rings. The molecule has 19 heavy (non-hydrogen) atoms. The van der Waals surface area contributed by atoms with E-state index >= 15 is 0 Å². The molecule has 3 aliphatic rings. The van der Waals surface area contributed by atoms with E-state index in [4.69, 9.17) is 4.74 Å². The molecule has 1 nitrogen and oxygen atoms in total. The lowest BCUT2D eigenvalue weighted by molar-refractivity contribution is -0.117. The van der Waals surface area contributed by atoms with E-state index in [1.165, 1.54) is 19.3 Å². The summed E-state index contributed by atoms with van der Waals surface area (Å²) in [4.78, 5) is 0. The maximum Gasteiger partial charge on any atom is 0.0674 e. The van der Waals surface area contributed by atoms with Crippen LogP contribution in [0.4, 0.5) is 0 Å². The highest BCUT2D eigenvalue weighted by Crippen LogP contribution is 2.47. The number of fused-ring (bicyclic) bond motifs is 2. The van der Waals surface area contributed by atoms with Crippen LogP contribution >= 0.6 is 0 Å².